The van der Waals surface area contributed by atoms with Crippen molar-refractivity contribution >= 4 is 5.91 Å². The zero-order valence-electron chi connectivity index (χ0n) is 12.9. The predicted molar refractivity (Wildman–Crippen MR) is 82.5 cm³/mol. The van der Waals surface area contributed by atoms with E-state index in [0.717, 1.165) is 19.4 Å². The van der Waals surface area contributed by atoms with Crippen LogP contribution in [0.2, 0.25) is 0 Å². The largest absolute Gasteiger partial charge is 0.339 e. The Morgan fingerprint density at radius 2 is 2.19 bits per heavy atom. The molecular formula is C17H25FN2O. The van der Waals surface area contributed by atoms with E-state index < -0.39 is 0 Å². The molecule has 21 heavy (non-hydrogen) atoms. The van der Waals surface area contributed by atoms with E-state index >= 15 is 0 Å². The fourth-order valence-corrected chi connectivity index (χ4v) is 2.88. The molecule has 116 valence electrons. The van der Waals surface area contributed by atoms with E-state index in [2.05, 4.69) is 5.32 Å². The second-order valence-electron chi connectivity index (χ2n) is 5.89. The van der Waals surface area contributed by atoms with Crippen molar-refractivity contribution in [1.82, 2.24) is 10.2 Å². The highest BCUT2D eigenvalue weighted by molar-refractivity contribution is 5.76. The van der Waals surface area contributed by atoms with Crippen LogP contribution in [0.1, 0.15) is 50.6 Å². The van der Waals surface area contributed by atoms with Crippen molar-refractivity contribution in [2.75, 3.05) is 13.6 Å². The van der Waals surface area contributed by atoms with Crippen molar-refractivity contribution in [3.05, 3.63) is 35.6 Å². The Bertz CT molecular complexity index is 472. The molecule has 1 aromatic rings. The minimum atomic E-state index is -0.251. The first kappa shape index (κ1) is 16.0. The number of carbonyl (C=O) groups excluding carboxylic acids is 1. The van der Waals surface area contributed by atoms with Crippen molar-refractivity contribution in [3.63, 3.8) is 0 Å². The molecule has 0 aromatic heterocycles. The van der Waals surface area contributed by atoms with Gasteiger partial charge in [-0.05, 0) is 38.8 Å². The molecule has 1 heterocycles. The van der Waals surface area contributed by atoms with Gasteiger partial charge in [0.05, 0.1) is 6.04 Å². The number of piperidine rings is 1. The first-order chi connectivity index (χ1) is 10.1. The van der Waals surface area contributed by atoms with Gasteiger partial charge in [-0.15, -0.1) is 0 Å². The molecule has 4 heteroatoms. The van der Waals surface area contributed by atoms with Crippen molar-refractivity contribution in [3.8, 4) is 0 Å². The summed E-state index contributed by atoms with van der Waals surface area (Å²) in [6.45, 7) is 2.93. The zero-order chi connectivity index (χ0) is 15.2. The fraction of sp³-hybridized carbons (Fsp3) is 0.588. The molecule has 1 saturated heterocycles. The number of amides is 1. The van der Waals surface area contributed by atoms with E-state index in [1.807, 2.05) is 6.92 Å². The average Bonchev–Trinajstić information content (AvgIpc) is 2.52. The highest BCUT2D eigenvalue weighted by Crippen LogP contribution is 2.22. The van der Waals surface area contributed by atoms with Gasteiger partial charge in [0.25, 0.3) is 0 Å². The molecule has 0 saturated carbocycles. The van der Waals surface area contributed by atoms with E-state index in [-0.39, 0.29) is 17.8 Å². The summed E-state index contributed by atoms with van der Waals surface area (Å²) in [5.41, 5.74) is 0.573. The van der Waals surface area contributed by atoms with Crippen molar-refractivity contribution in [2.24, 2.45) is 0 Å². The summed E-state index contributed by atoms with van der Waals surface area (Å²) < 4.78 is 13.8. The highest BCUT2D eigenvalue weighted by Gasteiger charge is 2.21. The summed E-state index contributed by atoms with van der Waals surface area (Å²) in [6.07, 6.45) is 5.02. The summed E-state index contributed by atoms with van der Waals surface area (Å²) in [6, 6.07) is 6.88. The van der Waals surface area contributed by atoms with Gasteiger partial charge in [0.15, 0.2) is 0 Å². The van der Waals surface area contributed by atoms with Gasteiger partial charge in [0.2, 0.25) is 5.91 Å². The molecule has 0 radical (unpaired) electrons. The van der Waals surface area contributed by atoms with Crippen LogP contribution in [-0.4, -0.2) is 30.4 Å². The second-order valence-corrected chi connectivity index (χ2v) is 5.89. The average molecular weight is 292 g/mol. The molecule has 1 aliphatic rings. The third-order valence-corrected chi connectivity index (χ3v) is 4.45. The summed E-state index contributed by atoms with van der Waals surface area (Å²) >= 11 is 0. The predicted octanol–water partition coefficient (Wildman–Crippen LogP) is 3.27. The number of benzene rings is 1. The van der Waals surface area contributed by atoms with Crippen LogP contribution in [0.15, 0.2) is 24.3 Å². The molecule has 0 bridgehead atoms. The minimum absolute atomic E-state index is 0.0816. The molecule has 1 amide bonds. The Morgan fingerprint density at radius 3 is 2.86 bits per heavy atom. The molecule has 0 spiro atoms. The Hall–Kier alpha value is -1.42. The quantitative estimate of drug-likeness (QED) is 0.903. The topological polar surface area (TPSA) is 32.3 Å². The second kappa shape index (κ2) is 7.55. The summed E-state index contributed by atoms with van der Waals surface area (Å²) in [5, 5.41) is 3.45. The Labute approximate surface area is 126 Å². The van der Waals surface area contributed by atoms with Gasteiger partial charge in [-0.1, -0.05) is 24.6 Å². The van der Waals surface area contributed by atoms with Crippen molar-refractivity contribution < 1.29 is 9.18 Å². The van der Waals surface area contributed by atoms with Crippen LogP contribution in [0.25, 0.3) is 0 Å². The SMILES string of the molecule is CC(c1ccccc1F)N(C)C(=O)CCC1CCCCN1. The number of nitrogens with one attached hydrogen (secondary N) is 1. The third kappa shape index (κ3) is 4.27. The number of hydrogen-bond donors (Lipinski definition) is 1. The van der Waals surface area contributed by atoms with Gasteiger partial charge in [0.1, 0.15) is 5.82 Å². The molecule has 2 atom stereocenters. The van der Waals surface area contributed by atoms with E-state index in [0.29, 0.717) is 18.0 Å². The summed E-state index contributed by atoms with van der Waals surface area (Å²) in [4.78, 5) is 13.9. The van der Waals surface area contributed by atoms with Crippen LogP contribution in [-0.2, 0) is 4.79 Å². The minimum Gasteiger partial charge on any atom is -0.339 e. The number of nitrogens with zero attached hydrogens (tertiary/aromatic N) is 1. The van der Waals surface area contributed by atoms with Crippen LogP contribution in [0.5, 0.6) is 0 Å². The molecule has 0 aliphatic carbocycles. The monoisotopic (exact) mass is 292 g/mol. The van der Waals surface area contributed by atoms with Gasteiger partial charge >= 0.3 is 0 Å². The van der Waals surface area contributed by atoms with Crippen LogP contribution >= 0.6 is 0 Å². The van der Waals surface area contributed by atoms with Gasteiger partial charge in [-0.25, -0.2) is 4.39 Å². The number of carbonyl (C=O) groups is 1. The molecule has 2 rings (SSSR count). The maximum atomic E-state index is 13.8. The maximum absolute atomic E-state index is 13.8. The Kier molecular flexibility index (Phi) is 5.74. The van der Waals surface area contributed by atoms with Crippen molar-refractivity contribution in [1.29, 1.82) is 0 Å². The molecule has 1 aliphatic heterocycles. The first-order valence-corrected chi connectivity index (χ1v) is 7.83. The molecule has 1 aromatic carbocycles. The molecular weight excluding hydrogens is 267 g/mol. The Balaban J connectivity index is 1.88. The lowest BCUT2D eigenvalue weighted by molar-refractivity contribution is -0.132. The first-order valence-electron chi connectivity index (χ1n) is 7.83. The van der Waals surface area contributed by atoms with E-state index in [1.54, 1.807) is 30.1 Å². The third-order valence-electron chi connectivity index (χ3n) is 4.45. The van der Waals surface area contributed by atoms with Gasteiger partial charge in [0, 0.05) is 25.1 Å². The normalized spacial score (nSPS) is 20.0. The number of hydrogen-bond acceptors (Lipinski definition) is 2. The maximum Gasteiger partial charge on any atom is 0.222 e. The number of halogens is 1. The fourth-order valence-electron chi connectivity index (χ4n) is 2.88. The van der Waals surface area contributed by atoms with Gasteiger partial charge in [-0.2, -0.15) is 0 Å². The smallest absolute Gasteiger partial charge is 0.222 e. The lowest BCUT2D eigenvalue weighted by atomic mass is 10.00. The molecule has 1 fully saturated rings. The standard InChI is InChI=1S/C17H25FN2O/c1-13(15-8-3-4-9-16(15)18)20(2)17(21)11-10-14-7-5-6-12-19-14/h3-4,8-9,13-14,19H,5-7,10-12H2,1-2H3. The summed E-state index contributed by atoms with van der Waals surface area (Å²) in [7, 11) is 1.76. The van der Waals surface area contributed by atoms with Gasteiger partial charge < -0.3 is 10.2 Å². The molecule has 1 N–H and O–H groups in total. The van der Waals surface area contributed by atoms with E-state index in [9.17, 15) is 9.18 Å². The van der Waals surface area contributed by atoms with Crippen LogP contribution in [0.4, 0.5) is 4.39 Å². The molecule has 2 unspecified atom stereocenters. The number of rotatable bonds is 5. The lowest BCUT2D eigenvalue weighted by Gasteiger charge is -2.28. The van der Waals surface area contributed by atoms with E-state index in [1.165, 1.54) is 18.9 Å². The van der Waals surface area contributed by atoms with Gasteiger partial charge in [-0.3, -0.25) is 4.79 Å². The zero-order valence-corrected chi connectivity index (χ0v) is 12.9. The van der Waals surface area contributed by atoms with Crippen molar-refractivity contribution in [2.45, 2.75) is 51.1 Å². The highest BCUT2D eigenvalue weighted by atomic mass is 19.1. The summed E-state index contributed by atoms with van der Waals surface area (Å²) in [5.74, 6) is -0.170. The lowest BCUT2D eigenvalue weighted by Crippen LogP contribution is -2.36. The van der Waals surface area contributed by atoms with Crippen LogP contribution < -0.4 is 5.32 Å². The Morgan fingerprint density at radius 1 is 1.43 bits per heavy atom. The molecule has 3 nitrogen and oxygen atoms in total. The van der Waals surface area contributed by atoms with E-state index in [4.69, 9.17) is 0 Å². The van der Waals surface area contributed by atoms with Crippen LogP contribution in [0.3, 0.4) is 0 Å². The van der Waals surface area contributed by atoms with Crippen LogP contribution in [0, 0.1) is 5.82 Å².